The van der Waals surface area contributed by atoms with Gasteiger partial charge in [-0.15, -0.1) is 0 Å². The zero-order valence-electron chi connectivity index (χ0n) is 11.7. The van der Waals surface area contributed by atoms with E-state index < -0.39 is 6.10 Å². The van der Waals surface area contributed by atoms with Crippen molar-refractivity contribution in [3.63, 3.8) is 0 Å². The molecule has 1 atom stereocenters. The van der Waals surface area contributed by atoms with Crippen LogP contribution in [0.2, 0.25) is 0 Å². The van der Waals surface area contributed by atoms with Crippen molar-refractivity contribution in [1.29, 1.82) is 0 Å². The molecule has 1 aromatic carbocycles. The summed E-state index contributed by atoms with van der Waals surface area (Å²) >= 11 is 1.46. The number of β-amino-alcohol motifs (C(OH)–C–C–N with tert-alkyl or cyclic N) is 1. The molecule has 1 saturated heterocycles. The average molecular weight is 303 g/mol. The Bertz CT molecular complexity index is 656. The monoisotopic (exact) mass is 303 g/mol. The Hall–Kier alpha value is -1.92. The third kappa shape index (κ3) is 3.06. The quantitative estimate of drug-likeness (QED) is 0.896. The van der Waals surface area contributed by atoms with Gasteiger partial charge in [0, 0.05) is 19.3 Å². The molecule has 0 radical (unpaired) electrons. The number of carbonyl (C=O) groups is 1. The second kappa shape index (κ2) is 5.83. The van der Waals surface area contributed by atoms with Gasteiger partial charge in [0.25, 0.3) is 0 Å². The molecule has 1 aliphatic heterocycles. The normalized spacial score (nSPS) is 18.0. The number of hydrogen-bond donors (Lipinski definition) is 2. The molecular weight excluding hydrogens is 286 g/mol. The van der Waals surface area contributed by atoms with E-state index in [9.17, 15) is 9.90 Å². The molecule has 3 rings (SSSR count). The van der Waals surface area contributed by atoms with Gasteiger partial charge in [0.05, 0.1) is 11.0 Å². The van der Waals surface area contributed by atoms with Crippen LogP contribution >= 0.6 is 11.3 Å². The van der Waals surface area contributed by atoms with E-state index in [2.05, 4.69) is 23.3 Å². The SMILES string of the molecule is Cc1ccccc1-c1cnc(NC(=O)N2CC[C@H](O)C2)s1. The number of aliphatic hydroxyl groups excluding tert-OH is 1. The third-order valence-corrected chi connectivity index (χ3v) is 4.53. The maximum Gasteiger partial charge on any atom is 0.323 e. The van der Waals surface area contributed by atoms with Crippen molar-refractivity contribution >= 4 is 22.5 Å². The fourth-order valence-electron chi connectivity index (χ4n) is 2.40. The van der Waals surface area contributed by atoms with E-state index in [1.54, 1.807) is 11.1 Å². The topological polar surface area (TPSA) is 65.5 Å². The first-order chi connectivity index (χ1) is 10.1. The van der Waals surface area contributed by atoms with Gasteiger partial charge < -0.3 is 10.0 Å². The van der Waals surface area contributed by atoms with Crippen molar-refractivity contribution < 1.29 is 9.90 Å². The number of likely N-dealkylation sites (tertiary alicyclic amines) is 1. The van der Waals surface area contributed by atoms with Gasteiger partial charge in [-0.25, -0.2) is 9.78 Å². The van der Waals surface area contributed by atoms with Crippen LogP contribution in [0.1, 0.15) is 12.0 Å². The van der Waals surface area contributed by atoms with E-state index in [0.717, 1.165) is 10.4 Å². The highest BCUT2D eigenvalue weighted by molar-refractivity contribution is 7.19. The minimum Gasteiger partial charge on any atom is -0.391 e. The number of carbonyl (C=O) groups excluding carboxylic acids is 1. The standard InChI is InChI=1S/C15H17N3O2S/c1-10-4-2-3-5-12(10)13-8-16-14(21-13)17-15(20)18-7-6-11(19)9-18/h2-5,8,11,19H,6-7,9H2,1H3,(H,16,17,20)/t11-/m0/s1. The molecule has 0 spiro atoms. The minimum absolute atomic E-state index is 0.197. The number of hydrogen-bond acceptors (Lipinski definition) is 4. The van der Waals surface area contributed by atoms with Crippen LogP contribution in [0, 0.1) is 6.92 Å². The summed E-state index contributed by atoms with van der Waals surface area (Å²) in [5.41, 5.74) is 2.31. The highest BCUT2D eigenvalue weighted by atomic mass is 32.1. The lowest BCUT2D eigenvalue weighted by Gasteiger charge is -2.14. The fraction of sp³-hybridized carbons (Fsp3) is 0.333. The molecule has 6 heteroatoms. The van der Waals surface area contributed by atoms with Gasteiger partial charge in [-0.05, 0) is 24.5 Å². The molecule has 1 fully saturated rings. The summed E-state index contributed by atoms with van der Waals surface area (Å²) in [7, 11) is 0. The van der Waals surface area contributed by atoms with Crippen molar-refractivity contribution in [1.82, 2.24) is 9.88 Å². The first-order valence-electron chi connectivity index (χ1n) is 6.89. The maximum atomic E-state index is 12.0. The van der Waals surface area contributed by atoms with Crippen molar-refractivity contribution in [3.05, 3.63) is 36.0 Å². The van der Waals surface area contributed by atoms with Gasteiger partial charge in [-0.3, -0.25) is 5.32 Å². The van der Waals surface area contributed by atoms with Crippen LogP contribution in [-0.2, 0) is 0 Å². The Morgan fingerprint density at radius 2 is 2.29 bits per heavy atom. The molecule has 0 aliphatic carbocycles. The van der Waals surface area contributed by atoms with Gasteiger partial charge in [-0.2, -0.15) is 0 Å². The fourth-order valence-corrected chi connectivity index (χ4v) is 3.30. The molecule has 2 heterocycles. The molecule has 1 aromatic heterocycles. The van der Waals surface area contributed by atoms with Gasteiger partial charge in [0.1, 0.15) is 0 Å². The second-order valence-electron chi connectivity index (χ2n) is 5.16. The van der Waals surface area contributed by atoms with E-state index in [1.165, 1.54) is 16.9 Å². The molecule has 110 valence electrons. The van der Waals surface area contributed by atoms with E-state index in [0.29, 0.717) is 24.6 Å². The van der Waals surface area contributed by atoms with Gasteiger partial charge in [0.15, 0.2) is 5.13 Å². The van der Waals surface area contributed by atoms with E-state index in [4.69, 9.17) is 0 Å². The summed E-state index contributed by atoms with van der Waals surface area (Å²) in [4.78, 5) is 18.9. The van der Waals surface area contributed by atoms with Crippen LogP contribution < -0.4 is 5.32 Å². The minimum atomic E-state index is -0.408. The number of nitrogens with zero attached hydrogens (tertiary/aromatic N) is 2. The third-order valence-electron chi connectivity index (χ3n) is 3.58. The molecule has 2 N–H and O–H groups in total. The van der Waals surface area contributed by atoms with E-state index in [-0.39, 0.29) is 6.03 Å². The van der Waals surface area contributed by atoms with Crippen LogP contribution in [-0.4, -0.2) is 40.2 Å². The number of aliphatic hydroxyl groups is 1. The number of anilines is 1. The summed E-state index contributed by atoms with van der Waals surface area (Å²) in [6.07, 6.45) is 2.01. The number of nitrogens with one attached hydrogen (secondary N) is 1. The van der Waals surface area contributed by atoms with Crippen LogP contribution in [0.4, 0.5) is 9.93 Å². The van der Waals surface area contributed by atoms with Crippen molar-refractivity contribution in [2.24, 2.45) is 0 Å². The predicted molar refractivity (Wildman–Crippen MR) is 83.5 cm³/mol. The van der Waals surface area contributed by atoms with Gasteiger partial charge >= 0.3 is 6.03 Å². The summed E-state index contributed by atoms with van der Waals surface area (Å²) < 4.78 is 0. The summed E-state index contributed by atoms with van der Waals surface area (Å²) in [6.45, 7) is 3.03. The van der Waals surface area contributed by atoms with Gasteiger partial charge in [-0.1, -0.05) is 35.6 Å². The first-order valence-corrected chi connectivity index (χ1v) is 7.71. The van der Waals surface area contributed by atoms with Crippen LogP contribution in [0.3, 0.4) is 0 Å². The van der Waals surface area contributed by atoms with Crippen molar-refractivity contribution in [3.8, 4) is 10.4 Å². The van der Waals surface area contributed by atoms with Crippen LogP contribution in [0.15, 0.2) is 30.5 Å². The number of amides is 2. The zero-order valence-corrected chi connectivity index (χ0v) is 12.6. The Morgan fingerprint density at radius 1 is 1.48 bits per heavy atom. The first kappa shape index (κ1) is 14.0. The predicted octanol–water partition coefficient (Wildman–Crippen LogP) is 2.72. The lowest BCUT2D eigenvalue weighted by Crippen LogP contribution is -2.33. The smallest absolute Gasteiger partial charge is 0.323 e. The molecular formula is C15H17N3O2S. The maximum absolute atomic E-state index is 12.0. The molecule has 0 saturated carbocycles. The number of aryl methyl sites for hydroxylation is 1. The molecule has 5 nitrogen and oxygen atoms in total. The highest BCUT2D eigenvalue weighted by Crippen LogP contribution is 2.31. The van der Waals surface area contributed by atoms with Crippen LogP contribution in [0.25, 0.3) is 10.4 Å². The highest BCUT2D eigenvalue weighted by Gasteiger charge is 2.25. The Balaban J connectivity index is 1.71. The number of benzene rings is 1. The van der Waals surface area contributed by atoms with Crippen LogP contribution in [0.5, 0.6) is 0 Å². The number of aromatic nitrogens is 1. The molecule has 2 aromatic rings. The Kier molecular flexibility index (Phi) is 3.90. The number of thiazole rings is 1. The van der Waals surface area contributed by atoms with E-state index in [1.807, 2.05) is 18.2 Å². The lowest BCUT2D eigenvalue weighted by atomic mass is 10.1. The molecule has 0 bridgehead atoms. The molecule has 1 aliphatic rings. The lowest BCUT2D eigenvalue weighted by molar-refractivity contribution is 0.176. The summed E-state index contributed by atoms with van der Waals surface area (Å²) in [5, 5.41) is 12.8. The van der Waals surface area contributed by atoms with Gasteiger partial charge in [0.2, 0.25) is 0 Å². The number of rotatable bonds is 2. The summed E-state index contributed by atoms with van der Waals surface area (Å²) in [6, 6.07) is 7.90. The van der Waals surface area contributed by atoms with Crippen molar-refractivity contribution in [2.75, 3.05) is 18.4 Å². The second-order valence-corrected chi connectivity index (χ2v) is 6.19. The zero-order chi connectivity index (χ0) is 14.8. The Morgan fingerprint density at radius 3 is 3.00 bits per heavy atom. The van der Waals surface area contributed by atoms with Crippen molar-refractivity contribution in [2.45, 2.75) is 19.4 Å². The summed E-state index contributed by atoms with van der Waals surface area (Å²) in [5.74, 6) is 0. The average Bonchev–Trinajstić information content (AvgIpc) is 3.08. The number of urea groups is 1. The molecule has 21 heavy (non-hydrogen) atoms. The largest absolute Gasteiger partial charge is 0.391 e. The Labute approximate surface area is 127 Å². The van der Waals surface area contributed by atoms with E-state index >= 15 is 0 Å². The molecule has 0 unspecified atom stereocenters. The molecule has 2 amide bonds.